The van der Waals surface area contributed by atoms with Gasteiger partial charge in [0.1, 0.15) is 11.9 Å². The molecule has 0 spiro atoms. The molecule has 1 N–H and O–H groups in total. The molecule has 0 radical (unpaired) electrons. The van der Waals surface area contributed by atoms with Crippen LogP contribution < -0.4 is 5.32 Å². The van der Waals surface area contributed by atoms with E-state index in [1.807, 2.05) is 0 Å². The first-order valence-corrected chi connectivity index (χ1v) is 7.23. The predicted molar refractivity (Wildman–Crippen MR) is 80.9 cm³/mol. The van der Waals surface area contributed by atoms with Crippen molar-refractivity contribution in [3.05, 3.63) is 70.5 Å². The molecule has 0 aliphatic heterocycles. The first-order valence-electron chi connectivity index (χ1n) is 7.23. The Morgan fingerprint density at radius 1 is 1.04 bits per heavy atom. The second-order valence-electron chi connectivity index (χ2n) is 5.60. The third-order valence-electron chi connectivity index (χ3n) is 3.56. The minimum absolute atomic E-state index is 0.347. The monoisotopic (exact) mass is 358 g/mol. The molecule has 0 fully saturated rings. The zero-order valence-corrected chi connectivity index (χ0v) is 13.4. The van der Waals surface area contributed by atoms with Crippen molar-refractivity contribution in [2.45, 2.75) is 12.6 Å². The van der Waals surface area contributed by atoms with Gasteiger partial charge in [-0.05, 0) is 37.9 Å². The van der Waals surface area contributed by atoms with Crippen LogP contribution in [0, 0.1) is 29.1 Å². The number of amides is 1. The van der Waals surface area contributed by atoms with E-state index in [2.05, 4.69) is 5.32 Å². The summed E-state index contributed by atoms with van der Waals surface area (Å²) >= 11 is 0. The number of benzene rings is 2. The Bertz CT molecular complexity index is 795. The Labute approximate surface area is 141 Å². The summed E-state index contributed by atoms with van der Waals surface area (Å²) in [4.78, 5) is 13.9. The molecule has 2 aromatic carbocycles. The molecular formula is C17H15F5N2O. The summed E-state index contributed by atoms with van der Waals surface area (Å²) in [6, 6.07) is 4.91. The van der Waals surface area contributed by atoms with Crippen molar-refractivity contribution in [2.24, 2.45) is 0 Å². The van der Waals surface area contributed by atoms with Gasteiger partial charge in [0.15, 0.2) is 23.3 Å². The number of carbonyl (C=O) groups is 1. The van der Waals surface area contributed by atoms with Gasteiger partial charge in [-0.3, -0.25) is 9.69 Å². The van der Waals surface area contributed by atoms with Crippen LogP contribution in [0.2, 0.25) is 0 Å². The highest BCUT2D eigenvalue weighted by Gasteiger charge is 2.24. The third-order valence-corrected chi connectivity index (χ3v) is 3.56. The zero-order valence-electron chi connectivity index (χ0n) is 13.4. The first-order chi connectivity index (χ1) is 11.7. The van der Waals surface area contributed by atoms with Crippen LogP contribution in [0.25, 0.3) is 0 Å². The summed E-state index contributed by atoms with van der Waals surface area (Å²) in [5.74, 6) is -8.17. The number of nitrogens with one attached hydrogen (secondary N) is 1. The maximum atomic E-state index is 13.6. The van der Waals surface area contributed by atoms with Crippen LogP contribution in [0.5, 0.6) is 0 Å². The van der Waals surface area contributed by atoms with Crippen molar-refractivity contribution in [1.29, 1.82) is 0 Å². The van der Waals surface area contributed by atoms with E-state index in [1.54, 1.807) is 14.1 Å². The van der Waals surface area contributed by atoms with Crippen LogP contribution in [0.3, 0.4) is 0 Å². The summed E-state index contributed by atoms with van der Waals surface area (Å²) in [5, 5.41) is 2.31. The fourth-order valence-electron chi connectivity index (χ4n) is 2.39. The molecule has 0 aliphatic rings. The van der Waals surface area contributed by atoms with E-state index < -0.39 is 53.1 Å². The average Bonchev–Trinajstić information content (AvgIpc) is 2.55. The van der Waals surface area contributed by atoms with Gasteiger partial charge in [-0.15, -0.1) is 0 Å². The van der Waals surface area contributed by atoms with E-state index in [4.69, 9.17) is 0 Å². The molecule has 8 heteroatoms. The molecule has 1 amide bonds. The maximum Gasteiger partial charge on any atom is 0.242 e. The van der Waals surface area contributed by atoms with Gasteiger partial charge in [0, 0.05) is 12.1 Å². The number of carbonyl (C=O) groups excluding carboxylic acids is 1. The molecular weight excluding hydrogens is 343 g/mol. The van der Waals surface area contributed by atoms with E-state index in [0.29, 0.717) is 11.6 Å². The molecule has 0 saturated carbocycles. The molecule has 3 nitrogen and oxygen atoms in total. The van der Waals surface area contributed by atoms with Crippen molar-refractivity contribution in [3.8, 4) is 0 Å². The smallest absolute Gasteiger partial charge is 0.242 e. The van der Waals surface area contributed by atoms with Crippen molar-refractivity contribution < 1.29 is 26.7 Å². The van der Waals surface area contributed by atoms with E-state index in [9.17, 15) is 26.7 Å². The normalized spacial score (nSPS) is 12.3. The minimum atomic E-state index is -1.95. The van der Waals surface area contributed by atoms with E-state index in [-0.39, 0.29) is 0 Å². The quantitative estimate of drug-likeness (QED) is 0.505. The molecule has 1 atom stereocenters. The largest absolute Gasteiger partial charge is 0.350 e. The predicted octanol–water partition coefficient (Wildman–Crippen LogP) is 3.30. The molecule has 2 rings (SSSR count). The van der Waals surface area contributed by atoms with Gasteiger partial charge in [0.2, 0.25) is 5.91 Å². The van der Waals surface area contributed by atoms with E-state index in [0.717, 1.165) is 0 Å². The van der Waals surface area contributed by atoms with Crippen LogP contribution in [-0.2, 0) is 11.3 Å². The van der Waals surface area contributed by atoms with Crippen molar-refractivity contribution in [1.82, 2.24) is 10.2 Å². The van der Waals surface area contributed by atoms with Crippen molar-refractivity contribution in [3.63, 3.8) is 0 Å². The molecule has 2 aromatic rings. The maximum absolute atomic E-state index is 13.6. The number of nitrogens with zero attached hydrogens (tertiary/aromatic N) is 1. The number of halogens is 5. The molecule has 25 heavy (non-hydrogen) atoms. The van der Waals surface area contributed by atoms with Gasteiger partial charge >= 0.3 is 0 Å². The number of hydrogen-bond acceptors (Lipinski definition) is 2. The van der Waals surface area contributed by atoms with Gasteiger partial charge in [0.25, 0.3) is 0 Å². The van der Waals surface area contributed by atoms with Gasteiger partial charge in [-0.1, -0.05) is 12.1 Å². The molecule has 0 bridgehead atoms. The molecule has 0 aromatic heterocycles. The lowest BCUT2D eigenvalue weighted by Gasteiger charge is -2.24. The summed E-state index contributed by atoms with van der Waals surface area (Å²) in [7, 11) is 3.15. The Morgan fingerprint density at radius 2 is 1.72 bits per heavy atom. The van der Waals surface area contributed by atoms with Crippen molar-refractivity contribution in [2.75, 3.05) is 14.1 Å². The summed E-state index contributed by atoms with van der Waals surface area (Å²) in [6.07, 6.45) is 0. The summed E-state index contributed by atoms with van der Waals surface area (Å²) in [5.41, 5.74) is -0.194. The number of hydrogen-bond donors (Lipinski definition) is 1. The Morgan fingerprint density at radius 3 is 2.32 bits per heavy atom. The van der Waals surface area contributed by atoms with Crippen LogP contribution in [0.1, 0.15) is 17.2 Å². The van der Waals surface area contributed by atoms with Gasteiger partial charge in [-0.25, -0.2) is 22.0 Å². The molecule has 0 unspecified atom stereocenters. The first kappa shape index (κ1) is 18.9. The number of rotatable bonds is 5. The minimum Gasteiger partial charge on any atom is -0.350 e. The summed E-state index contributed by atoms with van der Waals surface area (Å²) < 4.78 is 66.4. The molecule has 0 saturated heterocycles. The summed E-state index contributed by atoms with van der Waals surface area (Å²) in [6.45, 7) is -0.557. The molecule has 0 aliphatic carbocycles. The van der Waals surface area contributed by atoms with E-state index in [1.165, 1.54) is 29.2 Å². The molecule has 0 heterocycles. The van der Waals surface area contributed by atoms with Gasteiger partial charge < -0.3 is 5.32 Å². The lowest BCUT2D eigenvalue weighted by Crippen LogP contribution is -2.37. The van der Waals surface area contributed by atoms with Crippen molar-refractivity contribution >= 4 is 5.91 Å². The zero-order chi connectivity index (χ0) is 18.7. The highest BCUT2D eigenvalue weighted by molar-refractivity contribution is 5.83. The fraction of sp³-hybridized carbons (Fsp3) is 0.235. The Balaban J connectivity index is 2.20. The second-order valence-corrected chi connectivity index (χ2v) is 5.60. The second kappa shape index (κ2) is 7.60. The van der Waals surface area contributed by atoms with E-state index >= 15 is 0 Å². The highest BCUT2D eigenvalue weighted by atomic mass is 19.2. The van der Waals surface area contributed by atoms with Crippen LogP contribution in [0.4, 0.5) is 22.0 Å². The number of likely N-dealkylation sites (N-methyl/N-ethyl adjacent to an activating group) is 1. The lowest BCUT2D eigenvalue weighted by molar-refractivity contribution is -0.126. The average molecular weight is 358 g/mol. The van der Waals surface area contributed by atoms with Gasteiger partial charge in [-0.2, -0.15) is 0 Å². The van der Waals surface area contributed by atoms with Crippen LogP contribution >= 0.6 is 0 Å². The standard InChI is InChI=1S/C17H15F5N2O/c1-24(2)16(9-4-3-5-11(18)6-9)17(25)23-8-10-7-12(19)14(21)15(22)13(10)20/h3-7,16H,8H2,1-2H3,(H,23,25)/t16-/m1/s1. The Hall–Kier alpha value is -2.48. The fourth-order valence-corrected chi connectivity index (χ4v) is 2.39. The third kappa shape index (κ3) is 4.14. The highest BCUT2D eigenvalue weighted by Crippen LogP contribution is 2.21. The lowest BCUT2D eigenvalue weighted by atomic mass is 10.0. The Kier molecular flexibility index (Phi) is 5.73. The SMILES string of the molecule is CN(C)[C@@H](C(=O)NCc1cc(F)c(F)c(F)c1F)c1cccc(F)c1. The van der Waals surface area contributed by atoms with Crippen LogP contribution in [0.15, 0.2) is 30.3 Å². The molecule has 134 valence electrons. The van der Waals surface area contributed by atoms with Gasteiger partial charge in [0.05, 0.1) is 0 Å². The topological polar surface area (TPSA) is 32.3 Å². The van der Waals surface area contributed by atoms with Crippen LogP contribution in [-0.4, -0.2) is 24.9 Å².